The first kappa shape index (κ1) is 30.1. The van der Waals surface area contributed by atoms with E-state index in [4.69, 9.17) is 4.42 Å². The quantitative estimate of drug-likeness (QED) is 0.115. The average molecular weight is 632 g/mol. The number of anilines is 1. The van der Waals surface area contributed by atoms with Gasteiger partial charge in [-0.2, -0.15) is 8.90 Å². The molecule has 0 radical (unpaired) electrons. The second-order valence-electron chi connectivity index (χ2n) is 9.32. The van der Waals surface area contributed by atoms with Gasteiger partial charge < -0.3 is 14.6 Å². The molecule has 1 N–H and O–H groups in total. The third-order valence-electron chi connectivity index (χ3n) is 6.50. The van der Waals surface area contributed by atoms with Crippen molar-refractivity contribution < 1.29 is 41.2 Å². The molecule has 4 aromatic rings. The number of nitrogens with one attached hydrogen (secondary N) is 1. The second-order valence-corrected chi connectivity index (χ2v) is 12.9. The van der Waals surface area contributed by atoms with Crippen molar-refractivity contribution in [2.24, 2.45) is 0 Å². The molecule has 0 atom stereocenters. The molecule has 1 aliphatic rings. The molecule has 0 spiro atoms. The smallest absolute Gasteiger partial charge is 0.374 e. The predicted molar refractivity (Wildman–Crippen MR) is 157 cm³/mol. The van der Waals surface area contributed by atoms with Gasteiger partial charge in [-0.15, -0.1) is 0 Å². The van der Waals surface area contributed by atoms with Crippen LogP contribution in [-0.2, 0) is 30.7 Å². The van der Waals surface area contributed by atoms with Crippen LogP contribution in [0.2, 0.25) is 0 Å². The van der Waals surface area contributed by atoms with Crippen LogP contribution in [0.5, 0.6) is 0 Å². The predicted octanol–water partition coefficient (Wildman–Crippen LogP) is 4.59. The standard InChI is InChI=1S/C28H26FN3O7S3/c1-4-17(14-27-32(16-25(33)30-42(3,35)36)22-15-18(29)9-12-24(22)40-27)13-26-31(5-2)21-11-10-19-20(28(21)37-26)7-6-8-23(19)41-39-38-34/h6-15H,4-5,16H2,1-3H3,(H-,30,33,34). The zero-order valence-corrected chi connectivity index (χ0v) is 25.2. The van der Waals surface area contributed by atoms with Crippen LogP contribution in [0.1, 0.15) is 26.2 Å². The summed E-state index contributed by atoms with van der Waals surface area (Å²) in [7, 11) is -3.76. The Kier molecular flexibility index (Phi) is 8.92. The molecule has 1 amide bonds. The lowest BCUT2D eigenvalue weighted by Gasteiger charge is -2.20. The molecule has 0 saturated carbocycles. The molecule has 5 rings (SSSR count). The number of carbonyl (C=O) groups is 1. The molecule has 14 heteroatoms. The van der Waals surface area contributed by atoms with Crippen molar-refractivity contribution in [2.45, 2.75) is 36.6 Å². The molecule has 0 unspecified atom stereocenters. The van der Waals surface area contributed by atoms with Crippen molar-refractivity contribution in [3.05, 3.63) is 76.9 Å². The molecule has 0 bridgehead atoms. The van der Waals surface area contributed by atoms with E-state index in [0.29, 0.717) is 40.1 Å². The van der Waals surface area contributed by atoms with Crippen LogP contribution >= 0.6 is 23.8 Å². The van der Waals surface area contributed by atoms with Gasteiger partial charge >= 0.3 is 5.89 Å². The van der Waals surface area contributed by atoms with Gasteiger partial charge in [0.1, 0.15) is 18.9 Å². The van der Waals surface area contributed by atoms with Gasteiger partial charge in [-0.05, 0) is 55.3 Å². The summed E-state index contributed by atoms with van der Waals surface area (Å²) < 4.78 is 52.4. The Balaban J connectivity index is 1.56. The summed E-state index contributed by atoms with van der Waals surface area (Å²) in [6.07, 6.45) is 5.30. The van der Waals surface area contributed by atoms with E-state index in [1.54, 1.807) is 11.0 Å². The second kappa shape index (κ2) is 12.5. The number of rotatable bonds is 10. The Morgan fingerprint density at radius 2 is 2.02 bits per heavy atom. The maximum Gasteiger partial charge on any atom is 0.374 e. The molecular formula is C28H26FN3O7S3. The zero-order valence-electron chi connectivity index (χ0n) is 22.7. The van der Waals surface area contributed by atoms with Gasteiger partial charge in [0, 0.05) is 26.6 Å². The summed E-state index contributed by atoms with van der Waals surface area (Å²) in [5.41, 5.74) is 2.87. The molecule has 1 aromatic heterocycles. The number of nitrogens with zero attached hydrogens (tertiary/aromatic N) is 2. The minimum Gasteiger partial charge on any atom is -0.691 e. The summed E-state index contributed by atoms with van der Waals surface area (Å²) in [5.74, 6) is -0.609. The summed E-state index contributed by atoms with van der Waals surface area (Å²) >= 11 is 2.17. The van der Waals surface area contributed by atoms with E-state index in [-0.39, 0.29) is 6.54 Å². The topological polar surface area (TPSA) is 125 Å². The lowest BCUT2D eigenvalue weighted by molar-refractivity contribution is -0.777. The Morgan fingerprint density at radius 3 is 2.74 bits per heavy atom. The fourth-order valence-electron chi connectivity index (χ4n) is 4.74. The first-order valence-corrected chi connectivity index (χ1v) is 16.3. The fourth-order valence-corrected chi connectivity index (χ4v) is 6.83. The molecule has 2 heterocycles. The number of aromatic nitrogens is 1. The van der Waals surface area contributed by atoms with E-state index in [9.17, 15) is 22.9 Å². The Bertz CT molecular complexity index is 1850. The molecule has 10 nitrogen and oxygen atoms in total. The molecule has 42 heavy (non-hydrogen) atoms. The van der Waals surface area contributed by atoms with Gasteiger partial charge in [0.05, 0.1) is 35.1 Å². The number of oxazole rings is 1. The highest BCUT2D eigenvalue weighted by Crippen LogP contribution is 2.46. The highest BCUT2D eigenvalue weighted by Gasteiger charge is 2.29. The maximum absolute atomic E-state index is 14.2. The maximum atomic E-state index is 14.2. The highest BCUT2D eigenvalue weighted by atomic mass is 32.2. The summed E-state index contributed by atoms with van der Waals surface area (Å²) in [4.78, 5) is 15.6. The Hall–Kier alpha value is -3.40. The van der Waals surface area contributed by atoms with Gasteiger partial charge in [0.25, 0.3) is 11.4 Å². The van der Waals surface area contributed by atoms with E-state index in [1.807, 2.05) is 65.6 Å². The number of sulfonamides is 1. The number of hydrogen-bond acceptors (Lipinski definition) is 10. The third kappa shape index (κ3) is 6.33. The first-order valence-electron chi connectivity index (χ1n) is 12.8. The van der Waals surface area contributed by atoms with E-state index < -0.39 is 21.7 Å². The van der Waals surface area contributed by atoms with E-state index in [0.717, 1.165) is 45.1 Å². The molecule has 0 saturated heterocycles. The monoisotopic (exact) mass is 631 g/mol. The zero-order chi connectivity index (χ0) is 30.0. The number of benzene rings is 3. The Morgan fingerprint density at radius 1 is 1.21 bits per heavy atom. The van der Waals surface area contributed by atoms with Crippen molar-refractivity contribution in [3.63, 3.8) is 0 Å². The van der Waals surface area contributed by atoms with Crippen molar-refractivity contribution in [2.75, 3.05) is 17.7 Å². The highest BCUT2D eigenvalue weighted by molar-refractivity contribution is 8.03. The first-order chi connectivity index (χ1) is 20.1. The molecule has 0 fully saturated rings. The number of carbonyl (C=O) groups excluding carboxylic acids is 1. The van der Waals surface area contributed by atoms with Crippen LogP contribution in [0.15, 0.2) is 79.4 Å². The summed E-state index contributed by atoms with van der Waals surface area (Å²) in [6.45, 7) is 4.29. The SMILES string of the molecule is CCC(=Cc1oc2c3cccc(SOO[O-])c3ccc2[n+]1CC)C=C1Sc2ccc(F)cc2N1CC(=O)NS(C)(=O)=O. The molecular weight excluding hydrogens is 606 g/mol. The molecule has 3 aromatic carbocycles. The van der Waals surface area contributed by atoms with Gasteiger partial charge in [-0.3, -0.25) is 14.6 Å². The number of amides is 1. The van der Waals surface area contributed by atoms with Crippen molar-refractivity contribution >= 4 is 73.4 Å². The summed E-state index contributed by atoms with van der Waals surface area (Å²) in [6, 6.07) is 13.7. The van der Waals surface area contributed by atoms with Crippen LogP contribution in [-0.4, -0.2) is 27.1 Å². The van der Waals surface area contributed by atoms with Crippen LogP contribution in [0.4, 0.5) is 10.1 Å². The van der Waals surface area contributed by atoms with Gasteiger partial charge in [-0.1, -0.05) is 30.8 Å². The lowest BCUT2D eigenvalue weighted by atomic mass is 10.1. The minimum atomic E-state index is -3.76. The average Bonchev–Trinajstić information content (AvgIpc) is 3.47. The molecule has 1 aliphatic heterocycles. The van der Waals surface area contributed by atoms with Crippen molar-refractivity contribution in [1.29, 1.82) is 0 Å². The number of allylic oxidation sites excluding steroid dienone is 2. The number of fused-ring (bicyclic) bond motifs is 4. The van der Waals surface area contributed by atoms with Crippen LogP contribution < -0.4 is 19.4 Å². The molecule has 220 valence electrons. The number of hydrogen-bond donors (Lipinski definition) is 1. The van der Waals surface area contributed by atoms with Gasteiger partial charge in [0.2, 0.25) is 15.6 Å². The third-order valence-corrected chi connectivity index (χ3v) is 8.87. The van der Waals surface area contributed by atoms with E-state index in [1.165, 1.54) is 23.9 Å². The number of aryl methyl sites for hydroxylation is 1. The number of halogens is 1. The fraction of sp³-hybridized carbons (Fsp3) is 0.214. The van der Waals surface area contributed by atoms with E-state index >= 15 is 0 Å². The van der Waals surface area contributed by atoms with Gasteiger partial charge in [-0.25, -0.2) is 12.8 Å². The minimum absolute atomic E-state index is 0.313. The largest absolute Gasteiger partial charge is 0.691 e. The van der Waals surface area contributed by atoms with Gasteiger partial charge in [0.15, 0.2) is 0 Å². The van der Waals surface area contributed by atoms with Crippen LogP contribution in [0.3, 0.4) is 0 Å². The van der Waals surface area contributed by atoms with Crippen molar-refractivity contribution in [1.82, 2.24) is 4.72 Å². The summed E-state index contributed by atoms with van der Waals surface area (Å²) in [5, 5.41) is 16.2. The lowest BCUT2D eigenvalue weighted by Crippen LogP contribution is -2.38. The van der Waals surface area contributed by atoms with E-state index in [2.05, 4.69) is 9.37 Å². The van der Waals surface area contributed by atoms with Crippen LogP contribution in [0.25, 0.3) is 27.9 Å². The van der Waals surface area contributed by atoms with Crippen LogP contribution in [0, 0.1) is 5.82 Å². The normalized spacial score (nSPS) is 14.7. The Labute approximate surface area is 249 Å². The molecule has 0 aliphatic carbocycles. The van der Waals surface area contributed by atoms with Crippen molar-refractivity contribution in [3.8, 4) is 0 Å². The number of thioether (sulfide) groups is 1.